The molecule has 368 valence electrons. The molecule has 0 fully saturated rings. The third-order valence-electron chi connectivity index (χ3n) is 12.8. The Kier molecular flexibility index (Phi) is 49.1. The van der Waals surface area contributed by atoms with E-state index >= 15 is 0 Å². The molecule has 6 heteroatoms. The molecule has 0 N–H and O–H groups in total. The van der Waals surface area contributed by atoms with Gasteiger partial charge in [0.15, 0.2) is 6.10 Å². The first kappa shape index (κ1) is 60.4. The first-order valence-corrected chi connectivity index (χ1v) is 27.9. The first-order chi connectivity index (χ1) is 30.4. The van der Waals surface area contributed by atoms with Crippen LogP contribution in [0.15, 0.2) is 0 Å². The number of ether oxygens (including phenoxy) is 3. The minimum Gasteiger partial charge on any atom is -0.462 e. The van der Waals surface area contributed by atoms with E-state index in [9.17, 15) is 14.4 Å². The van der Waals surface area contributed by atoms with Crippen molar-refractivity contribution in [2.24, 2.45) is 5.92 Å². The van der Waals surface area contributed by atoms with E-state index in [-0.39, 0.29) is 31.1 Å². The van der Waals surface area contributed by atoms with Crippen LogP contribution in [-0.4, -0.2) is 37.2 Å². The summed E-state index contributed by atoms with van der Waals surface area (Å²) >= 11 is 0. The van der Waals surface area contributed by atoms with Crippen LogP contribution < -0.4 is 0 Å². The molecule has 0 radical (unpaired) electrons. The lowest BCUT2D eigenvalue weighted by molar-refractivity contribution is -0.167. The number of rotatable bonds is 51. The normalized spacial score (nSPS) is 12.0. The first-order valence-electron chi connectivity index (χ1n) is 27.9. The number of hydrogen-bond acceptors (Lipinski definition) is 6. The van der Waals surface area contributed by atoms with Gasteiger partial charge in [0.2, 0.25) is 0 Å². The topological polar surface area (TPSA) is 78.9 Å². The molecule has 0 aromatic heterocycles. The maximum absolute atomic E-state index is 12.8. The highest BCUT2D eigenvalue weighted by Crippen LogP contribution is 2.18. The monoisotopic (exact) mass is 877 g/mol. The van der Waals surface area contributed by atoms with Crippen LogP contribution in [0.2, 0.25) is 0 Å². The molecular formula is C56H108O6. The zero-order chi connectivity index (χ0) is 45.2. The molecule has 0 saturated carbocycles. The van der Waals surface area contributed by atoms with Crippen LogP contribution in [0.4, 0.5) is 0 Å². The summed E-state index contributed by atoms with van der Waals surface area (Å²) in [6.45, 7) is 9.06. The molecular weight excluding hydrogens is 769 g/mol. The van der Waals surface area contributed by atoms with Crippen LogP contribution in [0.1, 0.15) is 317 Å². The molecule has 0 heterocycles. The molecule has 0 saturated heterocycles. The highest BCUT2D eigenvalue weighted by Gasteiger charge is 2.19. The second-order valence-electron chi connectivity index (χ2n) is 19.7. The quantitative estimate of drug-likeness (QED) is 0.0344. The van der Waals surface area contributed by atoms with E-state index in [1.165, 1.54) is 212 Å². The molecule has 0 aliphatic heterocycles. The molecule has 62 heavy (non-hydrogen) atoms. The van der Waals surface area contributed by atoms with Gasteiger partial charge in [-0.05, 0) is 25.2 Å². The van der Waals surface area contributed by atoms with E-state index in [4.69, 9.17) is 14.2 Å². The fourth-order valence-electron chi connectivity index (χ4n) is 8.57. The van der Waals surface area contributed by atoms with Crippen molar-refractivity contribution in [2.45, 2.75) is 323 Å². The van der Waals surface area contributed by atoms with Crippen LogP contribution in [0.5, 0.6) is 0 Å². The van der Waals surface area contributed by atoms with Crippen molar-refractivity contribution < 1.29 is 28.6 Å². The second-order valence-corrected chi connectivity index (χ2v) is 19.7. The van der Waals surface area contributed by atoms with Gasteiger partial charge in [0.1, 0.15) is 13.2 Å². The van der Waals surface area contributed by atoms with Crippen LogP contribution in [0, 0.1) is 5.92 Å². The lowest BCUT2D eigenvalue weighted by Gasteiger charge is -2.18. The molecule has 0 amide bonds. The third kappa shape index (κ3) is 49.4. The van der Waals surface area contributed by atoms with Crippen molar-refractivity contribution >= 4 is 17.9 Å². The van der Waals surface area contributed by atoms with Crippen molar-refractivity contribution in [2.75, 3.05) is 13.2 Å². The van der Waals surface area contributed by atoms with Gasteiger partial charge in [0.25, 0.3) is 0 Å². The minimum absolute atomic E-state index is 0.0620. The van der Waals surface area contributed by atoms with Gasteiger partial charge in [-0.2, -0.15) is 0 Å². The molecule has 0 aromatic rings. The molecule has 0 aromatic carbocycles. The van der Waals surface area contributed by atoms with E-state index in [1.54, 1.807) is 0 Å². The molecule has 6 nitrogen and oxygen atoms in total. The van der Waals surface area contributed by atoms with Gasteiger partial charge in [0, 0.05) is 19.3 Å². The number of hydrogen-bond donors (Lipinski definition) is 0. The zero-order valence-corrected chi connectivity index (χ0v) is 42.3. The van der Waals surface area contributed by atoms with Crippen LogP contribution in [0.3, 0.4) is 0 Å². The highest BCUT2D eigenvalue weighted by molar-refractivity contribution is 5.71. The predicted molar refractivity (Wildman–Crippen MR) is 266 cm³/mol. The Hall–Kier alpha value is -1.59. The predicted octanol–water partition coefficient (Wildman–Crippen LogP) is 18.2. The Morgan fingerprint density at radius 1 is 0.306 bits per heavy atom. The zero-order valence-electron chi connectivity index (χ0n) is 42.3. The third-order valence-corrected chi connectivity index (χ3v) is 12.8. The van der Waals surface area contributed by atoms with Gasteiger partial charge in [-0.3, -0.25) is 14.4 Å². The Morgan fingerprint density at radius 3 is 0.790 bits per heavy atom. The fourth-order valence-corrected chi connectivity index (χ4v) is 8.57. The smallest absolute Gasteiger partial charge is 0.306 e. The maximum Gasteiger partial charge on any atom is 0.306 e. The summed E-state index contributed by atoms with van der Waals surface area (Å²) in [5.74, 6) is 0.0136. The lowest BCUT2D eigenvalue weighted by Crippen LogP contribution is -2.30. The van der Waals surface area contributed by atoms with Crippen molar-refractivity contribution in [1.29, 1.82) is 0 Å². The summed E-state index contributed by atoms with van der Waals surface area (Å²) < 4.78 is 16.8. The second kappa shape index (κ2) is 50.4. The van der Waals surface area contributed by atoms with E-state index in [0.29, 0.717) is 19.3 Å². The van der Waals surface area contributed by atoms with Gasteiger partial charge >= 0.3 is 17.9 Å². The Morgan fingerprint density at radius 2 is 0.532 bits per heavy atom. The molecule has 1 atom stereocenters. The molecule has 0 aliphatic carbocycles. The summed E-state index contributed by atoms with van der Waals surface area (Å²) in [5.41, 5.74) is 0. The van der Waals surface area contributed by atoms with Crippen LogP contribution in [0.25, 0.3) is 0 Å². The molecule has 0 spiro atoms. The standard InChI is InChI=1S/C56H108O6/c1-5-7-9-11-13-15-17-23-28-32-36-40-44-48-55(58)61-51-53(50-60-54(57)47-43-39-35-31-27-18-16-14-12-10-8-6-2)62-56(59)49-45-41-37-33-29-25-22-20-19-21-24-26-30-34-38-42-46-52(3)4/h52-53H,5-51H2,1-4H3/t53-/m1/s1. The van der Waals surface area contributed by atoms with Crippen molar-refractivity contribution in [3.8, 4) is 0 Å². The van der Waals surface area contributed by atoms with Crippen molar-refractivity contribution in [3.05, 3.63) is 0 Å². The van der Waals surface area contributed by atoms with Crippen molar-refractivity contribution in [3.63, 3.8) is 0 Å². The molecule has 0 aliphatic rings. The van der Waals surface area contributed by atoms with Gasteiger partial charge in [-0.25, -0.2) is 0 Å². The van der Waals surface area contributed by atoms with Crippen molar-refractivity contribution in [1.82, 2.24) is 0 Å². The van der Waals surface area contributed by atoms with Crippen LogP contribution in [-0.2, 0) is 28.6 Å². The number of esters is 3. The Labute approximate surface area is 387 Å². The largest absolute Gasteiger partial charge is 0.462 e. The molecule has 0 rings (SSSR count). The van der Waals surface area contributed by atoms with Gasteiger partial charge in [-0.15, -0.1) is 0 Å². The Balaban J connectivity index is 4.27. The summed E-state index contributed by atoms with van der Waals surface area (Å²) in [6, 6.07) is 0. The van der Waals surface area contributed by atoms with E-state index < -0.39 is 6.10 Å². The van der Waals surface area contributed by atoms with E-state index in [1.807, 2.05) is 0 Å². The lowest BCUT2D eigenvalue weighted by atomic mass is 10.0. The highest BCUT2D eigenvalue weighted by atomic mass is 16.6. The van der Waals surface area contributed by atoms with E-state index in [2.05, 4.69) is 27.7 Å². The Bertz CT molecular complexity index is 933. The molecule has 0 unspecified atom stereocenters. The average Bonchev–Trinajstić information content (AvgIpc) is 3.26. The fraction of sp³-hybridized carbons (Fsp3) is 0.946. The molecule has 0 bridgehead atoms. The average molecular weight is 877 g/mol. The SMILES string of the molecule is CCCCCCCCCCCCCCCC(=O)OC[C@@H](COC(=O)CCCCCCCCCCCCCC)OC(=O)CCCCCCCCCCCCCCCCCCC(C)C. The number of carbonyl (C=O) groups is 3. The minimum atomic E-state index is -0.761. The summed E-state index contributed by atoms with van der Waals surface area (Å²) in [5, 5.41) is 0. The van der Waals surface area contributed by atoms with Gasteiger partial charge < -0.3 is 14.2 Å². The van der Waals surface area contributed by atoms with E-state index in [0.717, 1.165) is 63.7 Å². The number of unbranched alkanes of at least 4 members (excludes halogenated alkanes) is 38. The number of carbonyl (C=O) groups excluding carboxylic acids is 3. The summed E-state index contributed by atoms with van der Waals surface area (Å²) in [6.07, 6.45) is 53.7. The summed E-state index contributed by atoms with van der Waals surface area (Å²) in [7, 11) is 0. The maximum atomic E-state index is 12.8. The van der Waals surface area contributed by atoms with Gasteiger partial charge in [0.05, 0.1) is 0 Å². The van der Waals surface area contributed by atoms with Crippen LogP contribution >= 0.6 is 0 Å². The van der Waals surface area contributed by atoms with Gasteiger partial charge in [-0.1, -0.05) is 278 Å². The summed E-state index contributed by atoms with van der Waals surface area (Å²) in [4.78, 5) is 38.0.